The Kier molecular flexibility index (Phi) is 4.82. The fraction of sp³-hybridized carbons (Fsp3) is 0.692. The first-order chi connectivity index (χ1) is 10.0. The summed E-state index contributed by atoms with van der Waals surface area (Å²) in [7, 11) is 1.46. The number of hydrogen-bond acceptors (Lipinski definition) is 6. The molecule has 1 aromatic heterocycles. The zero-order valence-corrected chi connectivity index (χ0v) is 12.9. The maximum atomic E-state index is 11.6. The second-order valence-electron chi connectivity index (χ2n) is 5.21. The molecule has 8 heteroatoms. The van der Waals surface area contributed by atoms with Crippen molar-refractivity contribution in [3.63, 3.8) is 0 Å². The summed E-state index contributed by atoms with van der Waals surface area (Å²) < 4.78 is 4.98. The molecule has 2 heterocycles. The van der Waals surface area contributed by atoms with Crippen LogP contribution in [0.5, 0.6) is 6.01 Å². The van der Waals surface area contributed by atoms with E-state index in [1.54, 1.807) is 0 Å². The molecule has 0 amide bonds. The highest BCUT2D eigenvalue weighted by Gasteiger charge is 2.41. The summed E-state index contributed by atoms with van der Waals surface area (Å²) in [5, 5.41) is 9.57. The topological polar surface area (TPSA) is 88.4 Å². The molecule has 0 unspecified atom stereocenters. The Bertz CT molecular complexity index is 518. The van der Waals surface area contributed by atoms with Gasteiger partial charge in [-0.05, 0) is 30.9 Å². The summed E-state index contributed by atoms with van der Waals surface area (Å²) in [6.45, 7) is 3.17. The number of carbonyl (C=O) groups is 1. The third-order valence-electron chi connectivity index (χ3n) is 3.94. The molecule has 1 aliphatic rings. The first-order valence-corrected chi connectivity index (χ1v) is 7.32. The molecule has 21 heavy (non-hydrogen) atoms. The van der Waals surface area contributed by atoms with Gasteiger partial charge in [0.15, 0.2) is 0 Å². The highest BCUT2D eigenvalue weighted by molar-refractivity contribution is 6.28. The van der Waals surface area contributed by atoms with Crippen LogP contribution in [0.1, 0.15) is 32.6 Å². The smallest absolute Gasteiger partial charge is 0.322 e. The van der Waals surface area contributed by atoms with Crippen molar-refractivity contribution in [3.05, 3.63) is 5.28 Å². The molecule has 0 spiro atoms. The zero-order chi connectivity index (χ0) is 15.5. The molecule has 1 aromatic rings. The van der Waals surface area contributed by atoms with E-state index in [0.29, 0.717) is 38.3 Å². The Labute approximate surface area is 128 Å². The van der Waals surface area contributed by atoms with E-state index in [4.69, 9.17) is 16.3 Å². The van der Waals surface area contributed by atoms with Crippen molar-refractivity contribution in [1.29, 1.82) is 0 Å². The molecule has 0 aromatic carbocycles. The molecule has 0 radical (unpaired) electrons. The van der Waals surface area contributed by atoms with Crippen LogP contribution in [0, 0.1) is 5.41 Å². The number of ether oxygens (including phenoxy) is 1. The average molecular weight is 315 g/mol. The number of anilines is 1. The zero-order valence-electron chi connectivity index (χ0n) is 12.2. The predicted octanol–water partition coefficient (Wildman–Crippen LogP) is 2.00. The van der Waals surface area contributed by atoms with Gasteiger partial charge in [0.2, 0.25) is 11.2 Å². The van der Waals surface area contributed by atoms with Crippen molar-refractivity contribution in [3.8, 4) is 6.01 Å². The van der Waals surface area contributed by atoms with E-state index >= 15 is 0 Å². The van der Waals surface area contributed by atoms with Crippen molar-refractivity contribution in [2.75, 3.05) is 25.1 Å². The Morgan fingerprint density at radius 3 is 2.57 bits per heavy atom. The Hall–Kier alpha value is -1.63. The summed E-state index contributed by atoms with van der Waals surface area (Å²) >= 11 is 5.84. The van der Waals surface area contributed by atoms with Crippen LogP contribution in [0.3, 0.4) is 0 Å². The highest BCUT2D eigenvalue weighted by atomic mass is 35.5. The molecule has 1 saturated heterocycles. The first kappa shape index (κ1) is 15.8. The number of rotatable bonds is 5. The summed E-state index contributed by atoms with van der Waals surface area (Å²) in [6, 6.07) is 0.161. The number of aromatic nitrogens is 3. The Morgan fingerprint density at radius 1 is 1.38 bits per heavy atom. The van der Waals surface area contributed by atoms with E-state index in [9.17, 15) is 9.90 Å². The van der Waals surface area contributed by atoms with Gasteiger partial charge in [0, 0.05) is 13.1 Å². The van der Waals surface area contributed by atoms with E-state index in [2.05, 4.69) is 15.0 Å². The number of piperidine rings is 1. The predicted molar refractivity (Wildman–Crippen MR) is 77.8 cm³/mol. The van der Waals surface area contributed by atoms with Crippen LogP contribution in [0.25, 0.3) is 0 Å². The molecule has 1 N–H and O–H groups in total. The standard InChI is InChI=1S/C13H19ClN4O3/c1-3-4-13(9(19)20)5-7-18(8-6-13)11-15-10(14)16-12(17-11)21-2/h3-8H2,1-2H3,(H,19,20). The van der Waals surface area contributed by atoms with Gasteiger partial charge in [0.25, 0.3) is 0 Å². The van der Waals surface area contributed by atoms with Gasteiger partial charge in [-0.25, -0.2) is 0 Å². The van der Waals surface area contributed by atoms with Gasteiger partial charge < -0.3 is 14.7 Å². The number of methoxy groups -OCH3 is 1. The minimum Gasteiger partial charge on any atom is -0.481 e. The fourth-order valence-corrected chi connectivity index (χ4v) is 2.89. The molecular weight excluding hydrogens is 296 g/mol. The molecule has 0 aliphatic carbocycles. The third-order valence-corrected chi connectivity index (χ3v) is 4.11. The minimum atomic E-state index is -0.713. The average Bonchev–Trinajstić information content (AvgIpc) is 2.47. The Morgan fingerprint density at radius 2 is 2.05 bits per heavy atom. The SMILES string of the molecule is CCCC1(C(=O)O)CCN(c2nc(Cl)nc(OC)n2)CC1. The fourth-order valence-electron chi connectivity index (χ4n) is 2.74. The summed E-state index contributed by atoms with van der Waals surface area (Å²) in [6.07, 6.45) is 2.69. The lowest BCUT2D eigenvalue weighted by atomic mass is 9.75. The lowest BCUT2D eigenvalue weighted by molar-refractivity contribution is -0.150. The van der Waals surface area contributed by atoms with Crippen molar-refractivity contribution in [2.24, 2.45) is 5.41 Å². The number of aliphatic carboxylic acids is 1. The van der Waals surface area contributed by atoms with Gasteiger partial charge in [-0.3, -0.25) is 4.79 Å². The number of carboxylic acid groups (broad SMARTS) is 1. The summed E-state index contributed by atoms with van der Waals surface area (Å²) in [5.41, 5.74) is -0.633. The van der Waals surface area contributed by atoms with Gasteiger partial charge in [-0.2, -0.15) is 15.0 Å². The summed E-state index contributed by atoms with van der Waals surface area (Å²) in [4.78, 5) is 25.6. The van der Waals surface area contributed by atoms with Gasteiger partial charge in [0.05, 0.1) is 12.5 Å². The van der Waals surface area contributed by atoms with Gasteiger partial charge in [-0.15, -0.1) is 0 Å². The number of nitrogens with zero attached hydrogens (tertiary/aromatic N) is 4. The quantitative estimate of drug-likeness (QED) is 0.889. The number of halogens is 1. The second-order valence-corrected chi connectivity index (χ2v) is 5.55. The molecule has 0 saturated carbocycles. The van der Waals surface area contributed by atoms with E-state index in [1.807, 2.05) is 11.8 Å². The third kappa shape index (κ3) is 3.34. The number of carboxylic acids is 1. The second kappa shape index (κ2) is 6.43. The van der Waals surface area contributed by atoms with Crippen molar-refractivity contribution in [1.82, 2.24) is 15.0 Å². The van der Waals surface area contributed by atoms with E-state index < -0.39 is 11.4 Å². The molecular formula is C13H19ClN4O3. The van der Waals surface area contributed by atoms with Crippen molar-refractivity contribution in [2.45, 2.75) is 32.6 Å². The van der Waals surface area contributed by atoms with Crippen LogP contribution in [-0.4, -0.2) is 46.2 Å². The van der Waals surface area contributed by atoms with Crippen LogP contribution < -0.4 is 9.64 Å². The maximum Gasteiger partial charge on any atom is 0.322 e. The Balaban J connectivity index is 2.13. The van der Waals surface area contributed by atoms with Gasteiger partial charge >= 0.3 is 12.0 Å². The van der Waals surface area contributed by atoms with Crippen LogP contribution >= 0.6 is 11.6 Å². The highest BCUT2D eigenvalue weighted by Crippen LogP contribution is 2.37. The van der Waals surface area contributed by atoms with E-state index in [-0.39, 0.29) is 11.3 Å². The van der Waals surface area contributed by atoms with Crippen molar-refractivity contribution >= 4 is 23.5 Å². The molecule has 0 atom stereocenters. The van der Waals surface area contributed by atoms with Gasteiger partial charge in [0.1, 0.15) is 0 Å². The van der Waals surface area contributed by atoms with Crippen molar-refractivity contribution < 1.29 is 14.6 Å². The normalized spacial score (nSPS) is 17.6. The van der Waals surface area contributed by atoms with Crippen LogP contribution in [0.4, 0.5) is 5.95 Å². The largest absolute Gasteiger partial charge is 0.481 e. The molecule has 7 nitrogen and oxygen atoms in total. The van der Waals surface area contributed by atoms with E-state index in [0.717, 1.165) is 6.42 Å². The van der Waals surface area contributed by atoms with E-state index in [1.165, 1.54) is 7.11 Å². The summed E-state index contributed by atoms with van der Waals surface area (Å²) in [5.74, 6) is -0.280. The molecule has 0 bridgehead atoms. The number of hydrogen-bond donors (Lipinski definition) is 1. The van der Waals surface area contributed by atoms with Crippen LogP contribution in [0.2, 0.25) is 5.28 Å². The lowest BCUT2D eigenvalue weighted by Crippen LogP contribution is -2.45. The molecule has 2 rings (SSSR count). The maximum absolute atomic E-state index is 11.6. The van der Waals surface area contributed by atoms with Gasteiger partial charge in [-0.1, -0.05) is 13.3 Å². The van der Waals surface area contributed by atoms with Crippen LogP contribution in [-0.2, 0) is 4.79 Å². The monoisotopic (exact) mass is 314 g/mol. The minimum absolute atomic E-state index is 0.0699. The molecule has 1 aliphatic heterocycles. The first-order valence-electron chi connectivity index (χ1n) is 6.94. The lowest BCUT2D eigenvalue weighted by Gasteiger charge is -2.38. The molecule has 116 valence electrons. The molecule has 1 fully saturated rings. The van der Waals surface area contributed by atoms with Crippen LogP contribution in [0.15, 0.2) is 0 Å².